The van der Waals surface area contributed by atoms with Crippen molar-refractivity contribution in [2.75, 3.05) is 6.61 Å². The van der Waals surface area contributed by atoms with Crippen LogP contribution in [0.3, 0.4) is 0 Å². The van der Waals surface area contributed by atoms with E-state index in [0.29, 0.717) is 0 Å². The number of unbranched alkanes of at least 4 members (excludes halogenated alkanes) is 5. The second-order valence-electron chi connectivity index (χ2n) is 8.04. The fourth-order valence-electron chi connectivity index (χ4n) is 3.29. The fourth-order valence-corrected chi connectivity index (χ4v) is 3.29. The van der Waals surface area contributed by atoms with E-state index in [1.807, 2.05) is 42.7 Å². The van der Waals surface area contributed by atoms with E-state index in [1.54, 1.807) is 0 Å². The Morgan fingerprint density at radius 3 is 2.38 bits per heavy atom. The number of nitrogens with zero attached hydrogens (tertiary/aromatic N) is 2. The predicted octanol–water partition coefficient (Wildman–Crippen LogP) is 7.42. The van der Waals surface area contributed by atoms with Gasteiger partial charge in [0, 0.05) is 18.0 Å². The van der Waals surface area contributed by atoms with E-state index < -0.39 is 0 Å². The maximum absolute atomic E-state index is 5.84. The Kier molecular flexibility index (Phi) is 11.1. The van der Waals surface area contributed by atoms with Crippen LogP contribution in [0.25, 0.3) is 11.4 Å². The Labute approximate surface area is 177 Å². The molecule has 0 aliphatic rings. The Morgan fingerprint density at radius 1 is 0.966 bits per heavy atom. The van der Waals surface area contributed by atoms with Crippen molar-refractivity contribution in [2.45, 2.75) is 78.1 Å². The molecule has 2 rings (SSSR count). The van der Waals surface area contributed by atoms with Crippen LogP contribution < -0.4 is 4.74 Å². The Balaban J connectivity index is 1.71. The average Bonchev–Trinajstić information content (AvgIpc) is 2.77. The molecule has 0 spiro atoms. The summed E-state index contributed by atoms with van der Waals surface area (Å²) in [4.78, 5) is 9.12. The highest BCUT2D eigenvalue weighted by atomic mass is 16.5. The SMILES string of the molecule is C=CCCCCCCOc1ccc(-c2ncc(CCCCC(C)CC)cn2)cc1. The van der Waals surface area contributed by atoms with Crippen molar-refractivity contribution >= 4 is 0 Å². The topological polar surface area (TPSA) is 35.0 Å². The molecule has 158 valence electrons. The van der Waals surface area contributed by atoms with Gasteiger partial charge >= 0.3 is 0 Å². The molecule has 0 N–H and O–H groups in total. The number of aryl methyl sites for hydroxylation is 1. The first kappa shape index (κ1) is 23.1. The van der Waals surface area contributed by atoms with Crippen molar-refractivity contribution in [2.24, 2.45) is 5.92 Å². The first-order valence-electron chi connectivity index (χ1n) is 11.4. The third kappa shape index (κ3) is 9.25. The lowest BCUT2D eigenvalue weighted by atomic mass is 10.00. The predicted molar refractivity (Wildman–Crippen MR) is 123 cm³/mol. The summed E-state index contributed by atoms with van der Waals surface area (Å²) < 4.78 is 5.84. The van der Waals surface area contributed by atoms with Crippen molar-refractivity contribution in [3.63, 3.8) is 0 Å². The molecule has 0 aliphatic carbocycles. The summed E-state index contributed by atoms with van der Waals surface area (Å²) in [5.74, 6) is 2.53. The summed E-state index contributed by atoms with van der Waals surface area (Å²) in [5.41, 5.74) is 2.26. The van der Waals surface area contributed by atoms with Crippen LogP contribution in [0, 0.1) is 5.92 Å². The Morgan fingerprint density at radius 2 is 1.69 bits per heavy atom. The highest BCUT2D eigenvalue weighted by molar-refractivity contribution is 5.55. The molecule has 1 aromatic carbocycles. The molecule has 3 nitrogen and oxygen atoms in total. The molecule has 0 amide bonds. The van der Waals surface area contributed by atoms with E-state index in [-0.39, 0.29) is 0 Å². The van der Waals surface area contributed by atoms with E-state index in [1.165, 1.54) is 50.5 Å². The van der Waals surface area contributed by atoms with Gasteiger partial charge in [0.2, 0.25) is 0 Å². The zero-order valence-electron chi connectivity index (χ0n) is 18.4. The van der Waals surface area contributed by atoms with E-state index >= 15 is 0 Å². The second-order valence-corrected chi connectivity index (χ2v) is 8.04. The van der Waals surface area contributed by atoms with Gasteiger partial charge in [0.15, 0.2) is 5.82 Å². The lowest BCUT2D eigenvalue weighted by Gasteiger charge is -2.08. The summed E-state index contributed by atoms with van der Waals surface area (Å²) in [6.07, 6.45) is 18.0. The Hall–Kier alpha value is -2.16. The summed E-state index contributed by atoms with van der Waals surface area (Å²) in [6, 6.07) is 8.11. The summed E-state index contributed by atoms with van der Waals surface area (Å²) in [7, 11) is 0. The maximum atomic E-state index is 5.84. The first-order valence-corrected chi connectivity index (χ1v) is 11.4. The molecular formula is C26H38N2O. The van der Waals surface area contributed by atoms with Gasteiger partial charge in [-0.2, -0.15) is 0 Å². The van der Waals surface area contributed by atoms with Gasteiger partial charge in [0.25, 0.3) is 0 Å². The minimum Gasteiger partial charge on any atom is -0.494 e. The van der Waals surface area contributed by atoms with Gasteiger partial charge in [-0.25, -0.2) is 9.97 Å². The quantitative estimate of drug-likeness (QED) is 0.233. The standard InChI is InChI=1S/C26H38N2O/c1-4-6-7-8-9-12-19-29-25-17-15-24(16-18-25)26-27-20-23(21-28-26)14-11-10-13-22(3)5-2/h4,15-18,20-22H,1,5-14,19H2,2-3H3. The van der Waals surface area contributed by atoms with Crippen molar-refractivity contribution in [3.05, 3.63) is 54.9 Å². The van der Waals surface area contributed by atoms with Gasteiger partial charge in [-0.15, -0.1) is 6.58 Å². The van der Waals surface area contributed by atoms with Crippen molar-refractivity contribution in [1.29, 1.82) is 0 Å². The minimum absolute atomic E-state index is 0.773. The molecule has 1 unspecified atom stereocenters. The zero-order chi connectivity index (χ0) is 20.7. The largest absolute Gasteiger partial charge is 0.494 e. The number of hydrogen-bond donors (Lipinski definition) is 0. The van der Waals surface area contributed by atoms with Crippen LogP contribution in [0.15, 0.2) is 49.3 Å². The monoisotopic (exact) mass is 394 g/mol. The minimum atomic E-state index is 0.773. The molecule has 2 aromatic rings. The molecule has 0 saturated carbocycles. The molecule has 0 radical (unpaired) electrons. The normalized spacial score (nSPS) is 11.9. The van der Waals surface area contributed by atoms with Crippen LogP contribution in [-0.4, -0.2) is 16.6 Å². The van der Waals surface area contributed by atoms with Gasteiger partial charge in [0.05, 0.1) is 6.61 Å². The van der Waals surface area contributed by atoms with Gasteiger partial charge < -0.3 is 4.74 Å². The van der Waals surface area contributed by atoms with Gasteiger partial charge in [-0.05, 0) is 67.9 Å². The van der Waals surface area contributed by atoms with Crippen molar-refractivity contribution in [3.8, 4) is 17.1 Å². The van der Waals surface area contributed by atoms with E-state index in [2.05, 4.69) is 30.4 Å². The molecule has 3 heteroatoms. The molecule has 1 heterocycles. The molecular weight excluding hydrogens is 356 g/mol. The number of rotatable bonds is 15. The molecule has 0 fully saturated rings. The van der Waals surface area contributed by atoms with E-state index in [4.69, 9.17) is 4.74 Å². The van der Waals surface area contributed by atoms with Gasteiger partial charge in [0.1, 0.15) is 5.75 Å². The number of aromatic nitrogens is 2. The lowest BCUT2D eigenvalue weighted by molar-refractivity contribution is 0.305. The third-order valence-electron chi connectivity index (χ3n) is 5.50. The van der Waals surface area contributed by atoms with Crippen LogP contribution >= 0.6 is 0 Å². The van der Waals surface area contributed by atoms with Gasteiger partial charge in [-0.3, -0.25) is 0 Å². The van der Waals surface area contributed by atoms with E-state index in [9.17, 15) is 0 Å². The first-order chi connectivity index (χ1) is 14.2. The number of hydrogen-bond acceptors (Lipinski definition) is 3. The molecule has 0 bridgehead atoms. The van der Waals surface area contributed by atoms with E-state index in [0.717, 1.165) is 48.9 Å². The summed E-state index contributed by atoms with van der Waals surface area (Å²) in [5, 5.41) is 0. The smallest absolute Gasteiger partial charge is 0.159 e. The number of benzene rings is 1. The molecule has 1 atom stereocenters. The highest BCUT2D eigenvalue weighted by Crippen LogP contribution is 2.20. The number of allylic oxidation sites excluding steroid dienone is 1. The molecule has 0 aliphatic heterocycles. The van der Waals surface area contributed by atoms with Crippen LogP contribution in [0.5, 0.6) is 5.75 Å². The maximum Gasteiger partial charge on any atom is 0.159 e. The van der Waals surface area contributed by atoms with Crippen molar-refractivity contribution < 1.29 is 4.74 Å². The van der Waals surface area contributed by atoms with Crippen LogP contribution in [-0.2, 0) is 6.42 Å². The van der Waals surface area contributed by atoms with Crippen LogP contribution in [0.4, 0.5) is 0 Å². The van der Waals surface area contributed by atoms with Crippen LogP contribution in [0.1, 0.15) is 77.2 Å². The molecule has 29 heavy (non-hydrogen) atoms. The van der Waals surface area contributed by atoms with Gasteiger partial charge in [-0.1, -0.05) is 52.0 Å². The number of ether oxygens (including phenoxy) is 1. The molecule has 0 saturated heterocycles. The lowest BCUT2D eigenvalue weighted by Crippen LogP contribution is -1.98. The third-order valence-corrected chi connectivity index (χ3v) is 5.50. The molecule has 1 aromatic heterocycles. The zero-order valence-corrected chi connectivity index (χ0v) is 18.4. The van der Waals surface area contributed by atoms with Crippen LogP contribution in [0.2, 0.25) is 0 Å². The summed E-state index contributed by atoms with van der Waals surface area (Å²) >= 11 is 0. The average molecular weight is 395 g/mol. The summed E-state index contributed by atoms with van der Waals surface area (Å²) in [6.45, 7) is 9.13. The second kappa shape index (κ2) is 13.9. The van der Waals surface area contributed by atoms with Crippen molar-refractivity contribution in [1.82, 2.24) is 9.97 Å². The Bertz CT molecular complexity index is 679. The highest BCUT2D eigenvalue weighted by Gasteiger charge is 2.04. The fraction of sp³-hybridized carbons (Fsp3) is 0.538.